The van der Waals surface area contributed by atoms with Crippen molar-refractivity contribution in [1.29, 1.82) is 0 Å². The number of carboxylic acids is 1. The number of aliphatic carboxylic acids is 1. The van der Waals surface area contributed by atoms with E-state index >= 15 is 0 Å². The van der Waals surface area contributed by atoms with Crippen LogP contribution in [0.4, 0.5) is 0 Å². The molecule has 0 heterocycles. The van der Waals surface area contributed by atoms with Crippen molar-refractivity contribution in [3.05, 3.63) is 0 Å². The van der Waals surface area contributed by atoms with Gasteiger partial charge in [0.05, 0.1) is 6.61 Å². The number of unbranched alkanes of at least 4 members (excludes halogenated alkanes) is 1. The summed E-state index contributed by atoms with van der Waals surface area (Å²) < 4.78 is 5.44. The molecule has 3 heteroatoms. The molecule has 0 saturated heterocycles. The Kier molecular flexibility index (Phi) is 6.57. The van der Waals surface area contributed by atoms with Crippen LogP contribution in [-0.4, -0.2) is 23.3 Å². The maximum absolute atomic E-state index is 10.8. The van der Waals surface area contributed by atoms with E-state index in [2.05, 4.69) is 13.8 Å². The van der Waals surface area contributed by atoms with Crippen molar-refractivity contribution in [2.75, 3.05) is 6.61 Å². The van der Waals surface area contributed by atoms with E-state index in [-0.39, 0.29) is 0 Å². The zero-order chi connectivity index (χ0) is 11.9. The van der Waals surface area contributed by atoms with Crippen molar-refractivity contribution in [2.24, 2.45) is 5.92 Å². The third-order valence-electron chi connectivity index (χ3n) is 2.74. The summed E-state index contributed by atoms with van der Waals surface area (Å²) in [7, 11) is 0. The van der Waals surface area contributed by atoms with E-state index < -0.39 is 11.6 Å². The molecule has 0 aromatic heterocycles. The molecule has 3 nitrogen and oxygen atoms in total. The Morgan fingerprint density at radius 2 is 2.00 bits per heavy atom. The van der Waals surface area contributed by atoms with Gasteiger partial charge in [-0.1, -0.05) is 33.1 Å². The minimum absolute atomic E-state index is 0.489. The van der Waals surface area contributed by atoms with E-state index in [4.69, 9.17) is 9.84 Å². The predicted molar refractivity (Wildman–Crippen MR) is 61.0 cm³/mol. The highest BCUT2D eigenvalue weighted by molar-refractivity contribution is 5.76. The van der Waals surface area contributed by atoms with Gasteiger partial charge in [-0.2, -0.15) is 0 Å². The molecular weight excluding hydrogens is 192 g/mol. The average molecular weight is 216 g/mol. The zero-order valence-corrected chi connectivity index (χ0v) is 10.4. The van der Waals surface area contributed by atoms with E-state index in [1.807, 2.05) is 0 Å². The Balaban J connectivity index is 3.94. The molecule has 1 unspecified atom stereocenters. The molecule has 15 heavy (non-hydrogen) atoms. The van der Waals surface area contributed by atoms with Crippen molar-refractivity contribution in [1.82, 2.24) is 0 Å². The molecule has 0 aromatic rings. The lowest BCUT2D eigenvalue weighted by Crippen LogP contribution is -2.36. The minimum atomic E-state index is -1.06. The van der Waals surface area contributed by atoms with Gasteiger partial charge in [-0.15, -0.1) is 0 Å². The van der Waals surface area contributed by atoms with Gasteiger partial charge in [-0.3, -0.25) is 0 Å². The summed E-state index contributed by atoms with van der Waals surface area (Å²) in [5.41, 5.74) is -1.06. The quantitative estimate of drug-likeness (QED) is 0.678. The van der Waals surface area contributed by atoms with Gasteiger partial charge in [0, 0.05) is 0 Å². The lowest BCUT2D eigenvalue weighted by atomic mass is 10.00. The first-order valence-corrected chi connectivity index (χ1v) is 5.81. The SMILES string of the molecule is CCCCC(CC)COC(C)(C)C(=O)O. The molecule has 0 bridgehead atoms. The Morgan fingerprint density at radius 3 is 2.40 bits per heavy atom. The molecule has 1 atom stereocenters. The first kappa shape index (κ1) is 14.4. The van der Waals surface area contributed by atoms with Crippen LogP contribution >= 0.6 is 0 Å². The van der Waals surface area contributed by atoms with Gasteiger partial charge >= 0.3 is 5.97 Å². The van der Waals surface area contributed by atoms with E-state index in [0.717, 1.165) is 12.8 Å². The van der Waals surface area contributed by atoms with Gasteiger partial charge in [-0.25, -0.2) is 4.79 Å². The van der Waals surface area contributed by atoms with Crippen LogP contribution in [0.5, 0.6) is 0 Å². The van der Waals surface area contributed by atoms with Crippen molar-refractivity contribution >= 4 is 5.97 Å². The van der Waals surface area contributed by atoms with Crippen LogP contribution in [0.25, 0.3) is 0 Å². The largest absolute Gasteiger partial charge is 0.479 e. The molecule has 0 fully saturated rings. The fraction of sp³-hybridized carbons (Fsp3) is 0.917. The molecule has 0 spiro atoms. The number of rotatable bonds is 8. The van der Waals surface area contributed by atoms with Gasteiger partial charge in [0.15, 0.2) is 5.60 Å². The van der Waals surface area contributed by atoms with Crippen LogP contribution in [0.2, 0.25) is 0 Å². The van der Waals surface area contributed by atoms with Gasteiger partial charge in [-0.05, 0) is 26.2 Å². The maximum Gasteiger partial charge on any atom is 0.335 e. The van der Waals surface area contributed by atoms with Crippen LogP contribution in [-0.2, 0) is 9.53 Å². The first-order valence-electron chi connectivity index (χ1n) is 5.81. The summed E-state index contributed by atoms with van der Waals surface area (Å²) in [5, 5.41) is 8.88. The third-order valence-corrected chi connectivity index (χ3v) is 2.74. The Labute approximate surface area is 92.8 Å². The van der Waals surface area contributed by atoms with Crippen LogP contribution in [0.1, 0.15) is 53.4 Å². The van der Waals surface area contributed by atoms with Crippen molar-refractivity contribution in [3.8, 4) is 0 Å². The second-order valence-electron chi connectivity index (χ2n) is 4.54. The minimum Gasteiger partial charge on any atom is -0.479 e. The molecule has 0 rings (SSSR count). The van der Waals surface area contributed by atoms with Crippen LogP contribution in [0.15, 0.2) is 0 Å². The molecular formula is C12H24O3. The van der Waals surface area contributed by atoms with Crippen LogP contribution in [0.3, 0.4) is 0 Å². The first-order chi connectivity index (χ1) is 6.94. The lowest BCUT2D eigenvalue weighted by Gasteiger charge is -2.23. The zero-order valence-electron chi connectivity index (χ0n) is 10.4. The van der Waals surface area contributed by atoms with Gasteiger partial charge < -0.3 is 9.84 Å². The van der Waals surface area contributed by atoms with E-state index in [1.165, 1.54) is 12.8 Å². The van der Waals surface area contributed by atoms with E-state index in [0.29, 0.717) is 12.5 Å². The number of hydrogen-bond donors (Lipinski definition) is 1. The topological polar surface area (TPSA) is 46.5 Å². The van der Waals surface area contributed by atoms with Crippen LogP contribution in [0, 0.1) is 5.92 Å². The molecule has 0 saturated carbocycles. The van der Waals surface area contributed by atoms with Gasteiger partial charge in [0.2, 0.25) is 0 Å². The monoisotopic (exact) mass is 216 g/mol. The number of hydrogen-bond acceptors (Lipinski definition) is 2. The third kappa shape index (κ3) is 5.78. The number of ether oxygens (including phenoxy) is 1. The molecule has 0 aliphatic heterocycles. The van der Waals surface area contributed by atoms with E-state index in [9.17, 15) is 4.79 Å². The highest BCUT2D eigenvalue weighted by Gasteiger charge is 2.28. The summed E-state index contributed by atoms with van der Waals surface area (Å²) in [4.78, 5) is 10.8. The highest BCUT2D eigenvalue weighted by atomic mass is 16.5. The summed E-state index contributed by atoms with van der Waals surface area (Å²) >= 11 is 0. The molecule has 90 valence electrons. The Bertz CT molecular complexity index is 187. The van der Waals surface area contributed by atoms with Crippen molar-refractivity contribution in [2.45, 2.75) is 59.0 Å². The summed E-state index contributed by atoms with van der Waals surface area (Å²) in [6.45, 7) is 8.03. The van der Waals surface area contributed by atoms with Crippen LogP contribution < -0.4 is 0 Å². The molecule has 0 aromatic carbocycles. The molecule has 0 aliphatic carbocycles. The normalized spacial score (nSPS) is 13.9. The number of carbonyl (C=O) groups is 1. The second kappa shape index (κ2) is 6.83. The fourth-order valence-corrected chi connectivity index (χ4v) is 1.29. The standard InChI is InChI=1S/C12H24O3/c1-5-7-8-10(6-2)9-15-12(3,4)11(13)14/h10H,5-9H2,1-4H3,(H,13,14). The van der Waals surface area contributed by atoms with Crippen molar-refractivity contribution in [3.63, 3.8) is 0 Å². The van der Waals surface area contributed by atoms with E-state index in [1.54, 1.807) is 13.8 Å². The lowest BCUT2D eigenvalue weighted by molar-refractivity contribution is -0.162. The molecule has 0 amide bonds. The molecule has 0 aliphatic rings. The number of carboxylic acid groups (broad SMARTS) is 1. The molecule has 0 radical (unpaired) electrons. The summed E-state index contributed by atoms with van der Waals surface area (Å²) in [6.07, 6.45) is 4.55. The van der Waals surface area contributed by atoms with Gasteiger partial charge in [0.25, 0.3) is 0 Å². The Hall–Kier alpha value is -0.570. The maximum atomic E-state index is 10.8. The second-order valence-corrected chi connectivity index (χ2v) is 4.54. The fourth-order valence-electron chi connectivity index (χ4n) is 1.29. The van der Waals surface area contributed by atoms with Gasteiger partial charge in [0.1, 0.15) is 0 Å². The van der Waals surface area contributed by atoms with Crippen molar-refractivity contribution < 1.29 is 14.6 Å². The highest BCUT2D eigenvalue weighted by Crippen LogP contribution is 2.17. The molecule has 1 N–H and O–H groups in total. The smallest absolute Gasteiger partial charge is 0.335 e. The Morgan fingerprint density at radius 1 is 1.40 bits per heavy atom. The summed E-state index contributed by atoms with van der Waals surface area (Å²) in [5.74, 6) is -0.406. The average Bonchev–Trinajstić information content (AvgIpc) is 2.18. The predicted octanol–water partition coefficient (Wildman–Crippen LogP) is 3.08. The summed E-state index contributed by atoms with van der Waals surface area (Å²) in [6, 6.07) is 0.